The Morgan fingerprint density at radius 3 is 2.44 bits per heavy atom. The number of nitrogens with one attached hydrogen (secondary N) is 1. The molecule has 0 amide bonds. The van der Waals surface area contributed by atoms with Crippen molar-refractivity contribution in [2.24, 2.45) is 17.8 Å². The summed E-state index contributed by atoms with van der Waals surface area (Å²) in [7, 11) is 5.80. The zero-order valence-corrected chi connectivity index (χ0v) is 10.9. The van der Waals surface area contributed by atoms with Crippen molar-refractivity contribution in [3.63, 3.8) is 0 Å². The second-order valence-electron chi connectivity index (χ2n) is 5.56. The lowest BCUT2D eigenvalue weighted by atomic mass is 9.96. The van der Waals surface area contributed by atoms with Gasteiger partial charge in [-0.05, 0) is 18.3 Å². The van der Waals surface area contributed by atoms with Crippen LogP contribution in [0.3, 0.4) is 0 Å². The van der Waals surface area contributed by atoms with Gasteiger partial charge in [-0.3, -0.25) is 5.01 Å². The summed E-state index contributed by atoms with van der Waals surface area (Å²) in [5.41, 5.74) is 3.48. The van der Waals surface area contributed by atoms with Crippen molar-refractivity contribution >= 4 is 0 Å². The molecule has 0 aromatic carbocycles. The number of nitrogens with zero attached hydrogens (tertiary/aromatic N) is 1. The van der Waals surface area contributed by atoms with Gasteiger partial charge in [-0.15, -0.1) is 0 Å². The van der Waals surface area contributed by atoms with E-state index in [1.54, 1.807) is 7.11 Å². The van der Waals surface area contributed by atoms with Crippen LogP contribution in [0.4, 0.5) is 0 Å². The van der Waals surface area contributed by atoms with Gasteiger partial charge >= 0.3 is 0 Å². The summed E-state index contributed by atoms with van der Waals surface area (Å²) < 4.78 is 11.4. The minimum Gasteiger partial charge on any atom is -0.356 e. The lowest BCUT2D eigenvalue weighted by Gasteiger charge is -2.32. The molecule has 1 heterocycles. The lowest BCUT2D eigenvalue weighted by molar-refractivity contribution is -0.149. The fourth-order valence-corrected chi connectivity index (χ4v) is 2.76. The molecule has 16 heavy (non-hydrogen) atoms. The maximum Gasteiger partial charge on any atom is 0.160 e. The molecule has 0 aromatic heterocycles. The van der Waals surface area contributed by atoms with Crippen LogP contribution in [0, 0.1) is 17.8 Å². The van der Waals surface area contributed by atoms with E-state index < -0.39 is 0 Å². The Bertz CT molecular complexity index is 245. The molecule has 2 fully saturated rings. The first-order valence-corrected chi connectivity index (χ1v) is 6.16. The molecule has 0 spiro atoms. The van der Waals surface area contributed by atoms with Crippen LogP contribution < -0.4 is 5.43 Å². The quantitative estimate of drug-likeness (QED) is 0.714. The Kier molecular flexibility index (Phi) is 3.54. The van der Waals surface area contributed by atoms with Crippen molar-refractivity contribution in [1.82, 2.24) is 10.4 Å². The molecule has 2 aliphatic rings. The largest absolute Gasteiger partial charge is 0.356 e. The van der Waals surface area contributed by atoms with E-state index in [1.165, 1.54) is 6.42 Å². The summed E-state index contributed by atoms with van der Waals surface area (Å²) in [6.07, 6.45) is 1.60. The molecule has 1 N–H and O–H groups in total. The van der Waals surface area contributed by atoms with Gasteiger partial charge in [0.1, 0.15) is 0 Å². The molecule has 1 aliphatic heterocycles. The fourth-order valence-electron chi connectivity index (χ4n) is 2.76. The van der Waals surface area contributed by atoms with Gasteiger partial charge < -0.3 is 9.47 Å². The topological polar surface area (TPSA) is 33.7 Å². The van der Waals surface area contributed by atoms with Crippen LogP contribution in [0.25, 0.3) is 0 Å². The van der Waals surface area contributed by atoms with Gasteiger partial charge in [-0.25, -0.2) is 5.43 Å². The average molecular weight is 228 g/mol. The maximum atomic E-state index is 5.99. The average Bonchev–Trinajstić information content (AvgIpc) is 2.91. The van der Waals surface area contributed by atoms with E-state index >= 15 is 0 Å². The zero-order chi connectivity index (χ0) is 11.9. The Labute approximate surface area is 98.2 Å². The highest BCUT2D eigenvalue weighted by Crippen LogP contribution is 2.53. The molecule has 1 saturated heterocycles. The molecule has 5 atom stereocenters. The van der Waals surface area contributed by atoms with Crippen molar-refractivity contribution < 1.29 is 9.47 Å². The van der Waals surface area contributed by atoms with E-state index in [0.717, 1.165) is 0 Å². The molecule has 0 radical (unpaired) electrons. The van der Waals surface area contributed by atoms with Gasteiger partial charge in [0.2, 0.25) is 0 Å². The van der Waals surface area contributed by atoms with Crippen LogP contribution in [0.2, 0.25) is 0 Å². The van der Waals surface area contributed by atoms with Gasteiger partial charge in [-0.1, -0.05) is 13.8 Å². The summed E-state index contributed by atoms with van der Waals surface area (Å²) in [6, 6.07) is 0.380. The van der Waals surface area contributed by atoms with Crippen LogP contribution in [-0.2, 0) is 9.47 Å². The molecule has 0 unspecified atom stereocenters. The molecule has 4 heteroatoms. The zero-order valence-electron chi connectivity index (χ0n) is 10.9. The number of hydrogen-bond donors (Lipinski definition) is 1. The van der Waals surface area contributed by atoms with Gasteiger partial charge in [-0.2, -0.15) is 0 Å². The van der Waals surface area contributed by atoms with Crippen LogP contribution >= 0.6 is 0 Å². The highest BCUT2D eigenvalue weighted by Gasteiger charge is 2.58. The number of rotatable bonds is 5. The minimum atomic E-state index is 0.0280. The molecular weight excluding hydrogens is 204 g/mol. The van der Waals surface area contributed by atoms with Crippen molar-refractivity contribution in [3.8, 4) is 0 Å². The SMILES string of the molecule is CO[C@H]1O[C@H]([C@@H](NN(C)C)C(C)C)[C@@H]2C[C@H]12. The predicted octanol–water partition coefficient (Wildman–Crippen LogP) is 1.08. The molecule has 1 aliphatic carbocycles. The number of hydrogen-bond acceptors (Lipinski definition) is 4. The summed E-state index contributed by atoms with van der Waals surface area (Å²) in [5, 5.41) is 2.02. The first-order valence-electron chi connectivity index (χ1n) is 6.16. The van der Waals surface area contributed by atoms with E-state index in [9.17, 15) is 0 Å². The number of hydrazine groups is 1. The van der Waals surface area contributed by atoms with Crippen molar-refractivity contribution in [2.75, 3.05) is 21.2 Å². The smallest absolute Gasteiger partial charge is 0.160 e. The number of fused-ring (bicyclic) bond motifs is 1. The van der Waals surface area contributed by atoms with Crippen LogP contribution in [0.1, 0.15) is 20.3 Å². The highest BCUT2D eigenvalue weighted by molar-refractivity contribution is 5.04. The molecule has 4 nitrogen and oxygen atoms in total. The van der Waals surface area contributed by atoms with Gasteiger partial charge in [0.25, 0.3) is 0 Å². The molecule has 0 aromatic rings. The molecule has 1 saturated carbocycles. The van der Waals surface area contributed by atoms with Gasteiger partial charge in [0.05, 0.1) is 12.1 Å². The Balaban J connectivity index is 1.99. The Hall–Kier alpha value is -0.160. The fraction of sp³-hybridized carbons (Fsp3) is 1.00. The molecule has 0 bridgehead atoms. The van der Waals surface area contributed by atoms with E-state index in [4.69, 9.17) is 9.47 Å². The first-order chi connectivity index (χ1) is 7.54. The number of methoxy groups -OCH3 is 1. The minimum absolute atomic E-state index is 0.0280. The van der Waals surface area contributed by atoms with Crippen molar-refractivity contribution in [2.45, 2.75) is 38.7 Å². The Morgan fingerprint density at radius 2 is 2.00 bits per heavy atom. The maximum absolute atomic E-state index is 5.99. The molecule has 94 valence electrons. The summed E-state index contributed by atoms with van der Waals surface area (Å²) in [6.45, 7) is 4.48. The van der Waals surface area contributed by atoms with Crippen LogP contribution in [-0.4, -0.2) is 44.6 Å². The van der Waals surface area contributed by atoms with Gasteiger partial charge in [0.15, 0.2) is 6.29 Å². The highest BCUT2D eigenvalue weighted by atomic mass is 16.7. The second kappa shape index (κ2) is 4.61. The number of ether oxygens (including phenoxy) is 2. The molecular formula is C12H24N2O2. The first kappa shape index (κ1) is 12.3. The second-order valence-corrected chi connectivity index (χ2v) is 5.56. The standard InChI is InChI=1S/C12H24N2O2/c1-7(2)10(13-14(3)4)11-8-6-9(8)12(15-5)16-11/h7-13H,6H2,1-5H3/t8-,9+,10+,11+,12+/m1/s1. The Morgan fingerprint density at radius 1 is 1.31 bits per heavy atom. The van der Waals surface area contributed by atoms with Crippen LogP contribution in [0.15, 0.2) is 0 Å². The summed E-state index contributed by atoms with van der Waals surface area (Å²) in [5.74, 6) is 1.90. The third-order valence-corrected chi connectivity index (χ3v) is 3.67. The normalized spacial score (nSPS) is 39.2. The van der Waals surface area contributed by atoms with E-state index in [1.807, 2.05) is 19.1 Å². The van der Waals surface area contributed by atoms with E-state index in [0.29, 0.717) is 29.9 Å². The van der Waals surface area contributed by atoms with Crippen LogP contribution in [0.5, 0.6) is 0 Å². The van der Waals surface area contributed by atoms with Gasteiger partial charge in [0, 0.05) is 27.1 Å². The molecule has 2 rings (SSSR count). The monoisotopic (exact) mass is 228 g/mol. The lowest BCUT2D eigenvalue weighted by Crippen LogP contribution is -2.51. The van der Waals surface area contributed by atoms with E-state index in [2.05, 4.69) is 19.3 Å². The summed E-state index contributed by atoms with van der Waals surface area (Å²) >= 11 is 0. The van der Waals surface area contributed by atoms with E-state index in [-0.39, 0.29) is 6.29 Å². The van der Waals surface area contributed by atoms with Crippen molar-refractivity contribution in [1.29, 1.82) is 0 Å². The van der Waals surface area contributed by atoms with Crippen molar-refractivity contribution in [3.05, 3.63) is 0 Å². The third-order valence-electron chi connectivity index (χ3n) is 3.67. The third kappa shape index (κ3) is 2.25. The predicted molar refractivity (Wildman–Crippen MR) is 62.7 cm³/mol. The summed E-state index contributed by atoms with van der Waals surface area (Å²) in [4.78, 5) is 0.